The fraction of sp³-hybridized carbons (Fsp3) is 0.500. The molecule has 0 radical (unpaired) electrons. The van der Waals surface area contributed by atoms with Crippen LogP contribution in [0.15, 0.2) is 12.5 Å². The first-order valence-electron chi connectivity index (χ1n) is 3.79. The third-order valence-corrected chi connectivity index (χ3v) is 1.70. The molecule has 4 heteroatoms. The van der Waals surface area contributed by atoms with Crippen LogP contribution in [0.2, 0.25) is 0 Å². The molecule has 1 atom stereocenters. The lowest BCUT2D eigenvalue weighted by Crippen LogP contribution is -2.12. The molecule has 0 bridgehead atoms. The second-order valence-corrected chi connectivity index (χ2v) is 2.97. The third-order valence-electron chi connectivity index (χ3n) is 1.70. The minimum atomic E-state index is -0.777. The molecule has 66 valence electrons. The molecule has 0 spiro atoms. The summed E-state index contributed by atoms with van der Waals surface area (Å²) in [6.45, 7) is 1.68. The van der Waals surface area contributed by atoms with E-state index in [-0.39, 0.29) is 5.92 Å². The summed E-state index contributed by atoms with van der Waals surface area (Å²) in [4.78, 5) is 14.5. The van der Waals surface area contributed by atoms with Gasteiger partial charge < -0.3 is 9.67 Å². The van der Waals surface area contributed by atoms with Crippen LogP contribution in [0.25, 0.3) is 0 Å². The van der Waals surface area contributed by atoms with Gasteiger partial charge in [-0.05, 0) is 0 Å². The Morgan fingerprint density at radius 1 is 1.83 bits per heavy atom. The van der Waals surface area contributed by atoms with E-state index in [1.54, 1.807) is 13.3 Å². The molecule has 1 N–H and O–H groups in total. The average Bonchev–Trinajstić information content (AvgIpc) is 2.35. The maximum atomic E-state index is 10.5. The molecule has 0 saturated carbocycles. The fourth-order valence-corrected chi connectivity index (χ4v) is 0.973. The van der Waals surface area contributed by atoms with Crippen LogP contribution < -0.4 is 0 Å². The number of imidazole rings is 1. The van der Waals surface area contributed by atoms with Gasteiger partial charge in [0.2, 0.25) is 0 Å². The van der Waals surface area contributed by atoms with Crippen molar-refractivity contribution >= 4 is 5.97 Å². The zero-order valence-electron chi connectivity index (χ0n) is 7.19. The van der Waals surface area contributed by atoms with Gasteiger partial charge in [-0.15, -0.1) is 0 Å². The van der Waals surface area contributed by atoms with Crippen LogP contribution in [0, 0.1) is 5.92 Å². The number of rotatable bonds is 3. The van der Waals surface area contributed by atoms with Crippen molar-refractivity contribution in [3.05, 3.63) is 18.2 Å². The number of carboxylic acid groups (broad SMARTS) is 1. The van der Waals surface area contributed by atoms with Crippen LogP contribution in [0.1, 0.15) is 12.6 Å². The molecule has 0 unspecified atom stereocenters. The second-order valence-electron chi connectivity index (χ2n) is 2.97. The van der Waals surface area contributed by atoms with Gasteiger partial charge in [0.25, 0.3) is 0 Å². The smallest absolute Gasteiger partial charge is 0.306 e. The number of carboxylic acids is 1. The van der Waals surface area contributed by atoms with Crippen molar-refractivity contribution in [2.45, 2.75) is 13.3 Å². The molecule has 0 aromatic carbocycles. The highest BCUT2D eigenvalue weighted by molar-refractivity contribution is 5.69. The van der Waals surface area contributed by atoms with Gasteiger partial charge in [-0.25, -0.2) is 4.98 Å². The van der Waals surface area contributed by atoms with Gasteiger partial charge in [-0.3, -0.25) is 4.79 Å². The van der Waals surface area contributed by atoms with E-state index >= 15 is 0 Å². The van der Waals surface area contributed by atoms with E-state index < -0.39 is 5.97 Å². The van der Waals surface area contributed by atoms with Crippen molar-refractivity contribution < 1.29 is 9.90 Å². The first kappa shape index (κ1) is 8.77. The Hall–Kier alpha value is -1.32. The second kappa shape index (κ2) is 3.38. The van der Waals surface area contributed by atoms with Gasteiger partial charge in [-0.2, -0.15) is 0 Å². The molecule has 0 saturated heterocycles. The first-order chi connectivity index (χ1) is 5.59. The number of carbonyl (C=O) groups is 1. The zero-order valence-corrected chi connectivity index (χ0v) is 7.19. The molecule has 0 amide bonds. The van der Waals surface area contributed by atoms with Crippen molar-refractivity contribution in [2.75, 3.05) is 0 Å². The first-order valence-corrected chi connectivity index (χ1v) is 3.79. The number of hydrogen-bond donors (Lipinski definition) is 1. The van der Waals surface area contributed by atoms with E-state index in [9.17, 15) is 4.79 Å². The van der Waals surface area contributed by atoms with E-state index in [1.165, 1.54) is 0 Å². The van der Waals surface area contributed by atoms with Crippen molar-refractivity contribution in [1.82, 2.24) is 9.55 Å². The van der Waals surface area contributed by atoms with Crippen LogP contribution >= 0.6 is 0 Å². The number of aliphatic carboxylic acids is 1. The fourth-order valence-electron chi connectivity index (χ4n) is 0.973. The van der Waals surface area contributed by atoms with E-state index in [1.807, 2.05) is 17.8 Å². The van der Waals surface area contributed by atoms with E-state index in [4.69, 9.17) is 5.11 Å². The van der Waals surface area contributed by atoms with Crippen molar-refractivity contribution in [3.8, 4) is 0 Å². The Kier molecular flexibility index (Phi) is 2.47. The quantitative estimate of drug-likeness (QED) is 0.722. The molecule has 1 rings (SSSR count). The molecular weight excluding hydrogens is 156 g/mol. The lowest BCUT2D eigenvalue weighted by molar-refractivity contribution is -0.141. The summed E-state index contributed by atoms with van der Waals surface area (Å²) in [5.74, 6) is -1.14. The summed E-state index contributed by atoms with van der Waals surface area (Å²) in [6.07, 6.45) is 4.00. The predicted molar refractivity (Wildman–Crippen MR) is 43.7 cm³/mol. The van der Waals surface area contributed by atoms with Gasteiger partial charge in [-0.1, -0.05) is 6.92 Å². The number of nitrogens with zero attached hydrogens (tertiary/aromatic N) is 2. The topological polar surface area (TPSA) is 55.1 Å². The number of hydrogen-bond acceptors (Lipinski definition) is 2. The molecule has 12 heavy (non-hydrogen) atoms. The summed E-state index contributed by atoms with van der Waals surface area (Å²) in [5, 5.41) is 8.62. The monoisotopic (exact) mass is 168 g/mol. The van der Waals surface area contributed by atoms with Crippen molar-refractivity contribution in [2.24, 2.45) is 13.0 Å². The normalized spacial score (nSPS) is 12.8. The van der Waals surface area contributed by atoms with E-state index in [2.05, 4.69) is 4.98 Å². The lowest BCUT2D eigenvalue weighted by atomic mass is 10.1. The maximum absolute atomic E-state index is 10.5. The largest absolute Gasteiger partial charge is 0.481 e. The van der Waals surface area contributed by atoms with Gasteiger partial charge in [0, 0.05) is 19.7 Å². The molecule has 4 nitrogen and oxygen atoms in total. The maximum Gasteiger partial charge on any atom is 0.306 e. The van der Waals surface area contributed by atoms with Crippen LogP contribution in [-0.4, -0.2) is 20.6 Å². The minimum Gasteiger partial charge on any atom is -0.481 e. The zero-order chi connectivity index (χ0) is 9.14. The molecular formula is C8H12N2O2. The summed E-state index contributed by atoms with van der Waals surface area (Å²) in [7, 11) is 1.86. The predicted octanol–water partition coefficient (Wildman–Crippen LogP) is 0.683. The highest BCUT2D eigenvalue weighted by Crippen LogP contribution is 2.05. The van der Waals surface area contributed by atoms with Gasteiger partial charge in [0.1, 0.15) is 0 Å². The Morgan fingerprint density at radius 2 is 2.50 bits per heavy atom. The SMILES string of the molecule is C[C@@H](Cc1cn(C)cn1)C(=O)O. The summed E-state index contributed by atoms with van der Waals surface area (Å²) in [6, 6.07) is 0. The Bertz CT molecular complexity index is 280. The van der Waals surface area contributed by atoms with Crippen LogP contribution in [0.5, 0.6) is 0 Å². The summed E-state index contributed by atoms with van der Waals surface area (Å²) < 4.78 is 1.81. The molecule has 0 aliphatic carbocycles. The number of aromatic nitrogens is 2. The molecule has 1 heterocycles. The van der Waals surface area contributed by atoms with E-state index in [0.717, 1.165) is 5.69 Å². The van der Waals surface area contributed by atoms with Crippen molar-refractivity contribution in [1.29, 1.82) is 0 Å². The number of aryl methyl sites for hydroxylation is 1. The van der Waals surface area contributed by atoms with Gasteiger partial charge in [0.05, 0.1) is 17.9 Å². The van der Waals surface area contributed by atoms with Crippen LogP contribution in [-0.2, 0) is 18.3 Å². The molecule has 1 aromatic rings. The van der Waals surface area contributed by atoms with Crippen LogP contribution in [0.4, 0.5) is 0 Å². The standard InChI is InChI=1S/C8H12N2O2/c1-6(8(11)12)3-7-4-10(2)5-9-7/h4-6H,3H2,1-2H3,(H,11,12)/t6-/m0/s1. The van der Waals surface area contributed by atoms with Crippen molar-refractivity contribution in [3.63, 3.8) is 0 Å². The van der Waals surface area contributed by atoms with Crippen LogP contribution in [0.3, 0.4) is 0 Å². The van der Waals surface area contributed by atoms with Gasteiger partial charge in [0.15, 0.2) is 0 Å². The summed E-state index contributed by atoms with van der Waals surface area (Å²) >= 11 is 0. The highest BCUT2D eigenvalue weighted by Gasteiger charge is 2.12. The average molecular weight is 168 g/mol. The highest BCUT2D eigenvalue weighted by atomic mass is 16.4. The minimum absolute atomic E-state index is 0.361. The van der Waals surface area contributed by atoms with Gasteiger partial charge >= 0.3 is 5.97 Å². The Morgan fingerprint density at radius 3 is 2.92 bits per heavy atom. The Balaban J connectivity index is 2.58. The molecule has 1 aromatic heterocycles. The third kappa shape index (κ3) is 2.08. The lowest BCUT2D eigenvalue weighted by Gasteiger charge is -2.01. The van der Waals surface area contributed by atoms with E-state index in [0.29, 0.717) is 6.42 Å². The molecule has 0 aliphatic heterocycles. The summed E-state index contributed by atoms with van der Waals surface area (Å²) in [5.41, 5.74) is 0.826. The molecule has 0 aliphatic rings. The Labute approximate surface area is 70.9 Å². The molecule has 0 fully saturated rings.